The molecule has 0 aliphatic carbocycles. The minimum atomic E-state index is -0.866. The molecule has 0 bridgehead atoms. The molecule has 144 valence electrons. The molecule has 0 aromatic heterocycles. The van der Waals surface area contributed by atoms with Crippen molar-refractivity contribution >= 4 is 12.1 Å². The normalized spacial score (nSPS) is 23.3. The molecular weight excluding hydrogens is 322 g/mol. The summed E-state index contributed by atoms with van der Waals surface area (Å²) in [4.78, 5) is 26.4. The minimum absolute atomic E-state index is 0.0529. The van der Waals surface area contributed by atoms with E-state index in [-0.39, 0.29) is 18.7 Å². The predicted octanol–water partition coefficient (Wildman–Crippen LogP) is 3.89. The van der Waals surface area contributed by atoms with Crippen molar-refractivity contribution in [3.63, 3.8) is 0 Å². The molecule has 0 aromatic carbocycles. The number of amides is 1. The quantitative estimate of drug-likeness (QED) is 0.565. The van der Waals surface area contributed by atoms with Crippen LogP contribution in [0.3, 0.4) is 0 Å². The molecule has 1 fully saturated rings. The van der Waals surface area contributed by atoms with Crippen molar-refractivity contribution in [2.75, 3.05) is 6.61 Å². The van der Waals surface area contributed by atoms with Crippen LogP contribution in [0.4, 0.5) is 4.79 Å². The van der Waals surface area contributed by atoms with Gasteiger partial charge in [0.1, 0.15) is 17.9 Å². The van der Waals surface area contributed by atoms with Gasteiger partial charge in [-0.2, -0.15) is 0 Å². The zero-order valence-electron chi connectivity index (χ0n) is 16.8. The zero-order chi connectivity index (χ0) is 19.6. The first-order valence-electron chi connectivity index (χ1n) is 8.67. The van der Waals surface area contributed by atoms with Crippen LogP contribution in [0, 0.1) is 5.41 Å². The molecule has 0 saturated carbocycles. The van der Waals surface area contributed by atoms with Crippen LogP contribution < -0.4 is 0 Å². The molecule has 2 atom stereocenters. The first kappa shape index (κ1) is 21.5. The van der Waals surface area contributed by atoms with Gasteiger partial charge in [-0.1, -0.05) is 6.08 Å². The van der Waals surface area contributed by atoms with Crippen molar-refractivity contribution in [1.82, 2.24) is 4.90 Å². The van der Waals surface area contributed by atoms with Crippen LogP contribution in [0.1, 0.15) is 61.8 Å². The summed E-state index contributed by atoms with van der Waals surface area (Å²) < 4.78 is 17.0. The molecule has 1 saturated heterocycles. The molecule has 0 N–H and O–H groups in total. The predicted molar refractivity (Wildman–Crippen MR) is 96.0 cm³/mol. The van der Waals surface area contributed by atoms with E-state index in [9.17, 15) is 9.59 Å². The van der Waals surface area contributed by atoms with E-state index >= 15 is 0 Å². The van der Waals surface area contributed by atoms with Crippen LogP contribution in [0.2, 0.25) is 0 Å². The van der Waals surface area contributed by atoms with E-state index in [4.69, 9.17) is 14.2 Å². The second-order valence-corrected chi connectivity index (χ2v) is 8.89. The maximum Gasteiger partial charge on any atom is 0.413 e. The number of carbonyl (C=O) groups is 2. The number of rotatable bonds is 4. The van der Waals surface area contributed by atoms with Gasteiger partial charge < -0.3 is 14.2 Å². The van der Waals surface area contributed by atoms with Crippen LogP contribution in [0.5, 0.6) is 0 Å². The molecule has 0 spiro atoms. The molecular formula is C19H33NO5. The van der Waals surface area contributed by atoms with E-state index in [0.717, 1.165) is 0 Å². The highest BCUT2D eigenvalue weighted by molar-refractivity contribution is 5.75. The molecule has 1 aliphatic rings. The third kappa shape index (κ3) is 5.73. The highest BCUT2D eigenvalue weighted by atomic mass is 16.6. The average molecular weight is 355 g/mol. The van der Waals surface area contributed by atoms with Crippen LogP contribution >= 0.6 is 0 Å². The molecule has 0 aromatic rings. The Bertz CT molecular complexity index is 513. The number of nitrogens with zero attached hydrogens (tertiary/aromatic N) is 1. The van der Waals surface area contributed by atoms with Crippen molar-refractivity contribution in [1.29, 1.82) is 0 Å². The Balaban J connectivity index is 3.03. The van der Waals surface area contributed by atoms with Gasteiger partial charge in [-0.3, -0.25) is 9.69 Å². The Hall–Kier alpha value is -1.56. The summed E-state index contributed by atoms with van der Waals surface area (Å²) in [6.45, 7) is 18.2. The van der Waals surface area contributed by atoms with Crippen molar-refractivity contribution in [3.05, 3.63) is 12.7 Å². The number of hydrogen-bond acceptors (Lipinski definition) is 5. The van der Waals surface area contributed by atoms with E-state index in [1.807, 2.05) is 20.8 Å². The summed E-state index contributed by atoms with van der Waals surface area (Å²) in [6, 6.07) is -0.436. The third-order valence-corrected chi connectivity index (χ3v) is 3.77. The summed E-state index contributed by atoms with van der Waals surface area (Å²) in [5, 5.41) is 0. The number of ether oxygens (including phenoxy) is 3. The smallest absolute Gasteiger partial charge is 0.413 e. The summed E-state index contributed by atoms with van der Waals surface area (Å²) >= 11 is 0. The maximum atomic E-state index is 12.7. The van der Waals surface area contributed by atoms with Crippen LogP contribution in [-0.2, 0) is 19.0 Å². The van der Waals surface area contributed by atoms with Crippen molar-refractivity contribution < 1.29 is 23.8 Å². The van der Waals surface area contributed by atoms with E-state index in [0.29, 0.717) is 6.42 Å². The lowest BCUT2D eigenvalue weighted by Crippen LogP contribution is -2.52. The molecule has 0 radical (unpaired) electrons. The SMILES string of the molecule is C=CC[C@@H]1OC(C)(C)N(C(=O)OC(C)(C)C)[C@@H]1COC(=O)C(C)(C)C. The standard InChI is InChI=1S/C19H33NO5/c1-10-11-14-13(12-23-15(21)17(2,3)4)20(19(8,9)24-14)16(22)25-18(5,6)7/h10,13-14H,1,11-12H2,2-9H3/t13-,14+/m1/s1. The highest BCUT2D eigenvalue weighted by Gasteiger charge is 2.51. The highest BCUT2D eigenvalue weighted by Crippen LogP contribution is 2.35. The van der Waals surface area contributed by atoms with Crippen LogP contribution in [0.15, 0.2) is 12.7 Å². The fraction of sp³-hybridized carbons (Fsp3) is 0.789. The molecule has 25 heavy (non-hydrogen) atoms. The first-order valence-corrected chi connectivity index (χ1v) is 8.67. The Morgan fingerprint density at radius 3 is 2.20 bits per heavy atom. The van der Waals surface area contributed by atoms with Gasteiger partial charge in [0.25, 0.3) is 0 Å². The van der Waals surface area contributed by atoms with Crippen molar-refractivity contribution in [3.8, 4) is 0 Å². The molecule has 6 nitrogen and oxygen atoms in total. The lowest BCUT2D eigenvalue weighted by molar-refractivity contribution is -0.154. The number of carbonyl (C=O) groups excluding carboxylic acids is 2. The van der Waals surface area contributed by atoms with Gasteiger partial charge in [0, 0.05) is 0 Å². The summed E-state index contributed by atoms with van der Waals surface area (Å²) in [5.41, 5.74) is -2.11. The van der Waals surface area contributed by atoms with Gasteiger partial charge in [-0.15, -0.1) is 6.58 Å². The van der Waals surface area contributed by atoms with Gasteiger partial charge in [0.15, 0.2) is 0 Å². The van der Waals surface area contributed by atoms with E-state index < -0.39 is 28.9 Å². The molecule has 6 heteroatoms. The van der Waals surface area contributed by atoms with E-state index in [1.165, 1.54) is 4.90 Å². The number of hydrogen-bond donors (Lipinski definition) is 0. The van der Waals surface area contributed by atoms with Crippen molar-refractivity contribution in [2.24, 2.45) is 5.41 Å². The Kier molecular flexibility index (Phi) is 6.32. The van der Waals surface area contributed by atoms with Gasteiger partial charge >= 0.3 is 12.1 Å². The van der Waals surface area contributed by atoms with E-state index in [1.54, 1.807) is 40.7 Å². The zero-order valence-corrected chi connectivity index (χ0v) is 16.8. The molecule has 1 rings (SSSR count). The Labute approximate surface area is 151 Å². The fourth-order valence-electron chi connectivity index (χ4n) is 2.67. The van der Waals surface area contributed by atoms with Gasteiger partial charge in [0.2, 0.25) is 0 Å². The second-order valence-electron chi connectivity index (χ2n) is 8.89. The Morgan fingerprint density at radius 2 is 1.76 bits per heavy atom. The van der Waals surface area contributed by atoms with Gasteiger partial charge in [0.05, 0.1) is 17.6 Å². The topological polar surface area (TPSA) is 65.1 Å². The molecule has 1 aliphatic heterocycles. The Morgan fingerprint density at radius 1 is 1.20 bits per heavy atom. The van der Waals surface area contributed by atoms with Crippen LogP contribution in [0.25, 0.3) is 0 Å². The average Bonchev–Trinajstić information content (AvgIpc) is 2.63. The largest absolute Gasteiger partial charge is 0.463 e. The lowest BCUT2D eigenvalue weighted by atomic mass is 9.97. The fourth-order valence-corrected chi connectivity index (χ4v) is 2.67. The van der Waals surface area contributed by atoms with Crippen molar-refractivity contribution in [2.45, 2.75) is 85.3 Å². The molecule has 1 amide bonds. The third-order valence-electron chi connectivity index (χ3n) is 3.77. The lowest BCUT2D eigenvalue weighted by Gasteiger charge is -2.35. The van der Waals surface area contributed by atoms with E-state index in [2.05, 4.69) is 6.58 Å². The summed E-state index contributed by atoms with van der Waals surface area (Å²) in [5.74, 6) is -0.321. The summed E-state index contributed by atoms with van der Waals surface area (Å²) in [7, 11) is 0. The maximum absolute atomic E-state index is 12.7. The van der Waals surface area contributed by atoms with Crippen LogP contribution in [-0.4, -0.2) is 47.0 Å². The number of esters is 1. The van der Waals surface area contributed by atoms with Gasteiger partial charge in [-0.25, -0.2) is 4.79 Å². The second kappa shape index (κ2) is 7.36. The monoisotopic (exact) mass is 355 g/mol. The minimum Gasteiger partial charge on any atom is -0.463 e. The molecule has 0 unspecified atom stereocenters. The molecule has 1 heterocycles. The van der Waals surface area contributed by atoms with Gasteiger partial charge in [-0.05, 0) is 61.8 Å². The summed E-state index contributed by atoms with van der Waals surface area (Å²) in [6.07, 6.45) is 1.48. The first-order chi connectivity index (χ1) is 11.2.